The van der Waals surface area contributed by atoms with Gasteiger partial charge in [0, 0.05) is 6.42 Å². The van der Waals surface area contributed by atoms with E-state index >= 15 is 0 Å². The molecule has 0 atom stereocenters. The Balaban J connectivity index is 1.92. The first-order chi connectivity index (χ1) is 9.20. The van der Waals surface area contributed by atoms with Crippen LogP contribution in [0.2, 0.25) is 0 Å². The number of hydrogen-bond donors (Lipinski definition) is 2. The molecule has 1 fully saturated rings. The van der Waals surface area contributed by atoms with Gasteiger partial charge < -0.3 is 15.1 Å². The Bertz CT molecular complexity index is 422. The third-order valence-electron chi connectivity index (χ3n) is 4.07. The highest BCUT2D eigenvalue weighted by Crippen LogP contribution is 2.32. The number of rotatable bonds is 5. The van der Waals surface area contributed by atoms with Crippen LogP contribution in [-0.4, -0.2) is 24.0 Å². The molecule has 1 amide bonds. The molecule has 1 aromatic rings. The fourth-order valence-corrected chi connectivity index (χ4v) is 2.58. The van der Waals surface area contributed by atoms with Crippen molar-refractivity contribution in [1.29, 1.82) is 0 Å². The monoisotopic (exact) mass is 265 g/mol. The Labute approximate surface area is 114 Å². The zero-order chi connectivity index (χ0) is 13.7. The SMILES string of the molecule is CCc1cnc(CNC(=O)C2(CC)CCNCC2)o1. The average Bonchev–Trinajstić information content (AvgIpc) is 2.93. The van der Waals surface area contributed by atoms with Crippen LogP contribution in [0.15, 0.2) is 10.6 Å². The van der Waals surface area contributed by atoms with Crippen molar-refractivity contribution in [1.82, 2.24) is 15.6 Å². The van der Waals surface area contributed by atoms with Crippen molar-refractivity contribution < 1.29 is 9.21 Å². The van der Waals surface area contributed by atoms with Gasteiger partial charge in [-0.2, -0.15) is 0 Å². The molecule has 0 unspecified atom stereocenters. The molecule has 1 aromatic heterocycles. The van der Waals surface area contributed by atoms with E-state index in [1.807, 2.05) is 6.92 Å². The maximum Gasteiger partial charge on any atom is 0.226 e. The molecule has 106 valence electrons. The Morgan fingerprint density at radius 2 is 2.21 bits per heavy atom. The van der Waals surface area contributed by atoms with Gasteiger partial charge in [0.15, 0.2) is 0 Å². The summed E-state index contributed by atoms with van der Waals surface area (Å²) in [5, 5.41) is 6.28. The fraction of sp³-hybridized carbons (Fsp3) is 0.714. The van der Waals surface area contributed by atoms with E-state index in [-0.39, 0.29) is 11.3 Å². The standard InChI is InChI=1S/C14H23N3O2/c1-3-11-9-16-12(19-11)10-17-13(18)14(4-2)5-7-15-8-6-14/h9,15H,3-8,10H2,1-2H3,(H,17,18). The van der Waals surface area contributed by atoms with E-state index in [1.54, 1.807) is 6.20 Å². The first-order valence-electron chi connectivity index (χ1n) is 7.13. The highest BCUT2D eigenvalue weighted by atomic mass is 16.4. The fourth-order valence-electron chi connectivity index (χ4n) is 2.58. The minimum Gasteiger partial charge on any atom is -0.444 e. The van der Waals surface area contributed by atoms with Gasteiger partial charge in [-0.1, -0.05) is 13.8 Å². The van der Waals surface area contributed by atoms with Gasteiger partial charge in [-0.25, -0.2) is 4.98 Å². The number of piperidine rings is 1. The molecule has 0 spiro atoms. The molecule has 0 bridgehead atoms. The van der Waals surface area contributed by atoms with Gasteiger partial charge in [0.05, 0.1) is 18.2 Å². The first-order valence-corrected chi connectivity index (χ1v) is 7.13. The summed E-state index contributed by atoms with van der Waals surface area (Å²) in [6.07, 6.45) is 5.24. The molecule has 0 radical (unpaired) electrons. The normalized spacial score (nSPS) is 18.2. The second kappa shape index (κ2) is 6.19. The van der Waals surface area contributed by atoms with E-state index in [9.17, 15) is 4.79 Å². The number of oxazole rings is 1. The van der Waals surface area contributed by atoms with Crippen LogP contribution < -0.4 is 10.6 Å². The lowest BCUT2D eigenvalue weighted by molar-refractivity contribution is -0.133. The number of aromatic nitrogens is 1. The smallest absolute Gasteiger partial charge is 0.226 e. The van der Waals surface area contributed by atoms with E-state index < -0.39 is 0 Å². The second-order valence-corrected chi connectivity index (χ2v) is 5.14. The van der Waals surface area contributed by atoms with E-state index in [4.69, 9.17) is 4.42 Å². The summed E-state index contributed by atoms with van der Waals surface area (Å²) in [5.74, 6) is 1.58. The molecule has 0 saturated carbocycles. The molecule has 1 aliphatic rings. The van der Waals surface area contributed by atoms with Crippen molar-refractivity contribution >= 4 is 5.91 Å². The number of amides is 1. The lowest BCUT2D eigenvalue weighted by atomic mass is 9.76. The van der Waals surface area contributed by atoms with Gasteiger partial charge in [0.1, 0.15) is 5.76 Å². The van der Waals surface area contributed by atoms with E-state index in [2.05, 4.69) is 22.5 Å². The van der Waals surface area contributed by atoms with Crippen LogP contribution in [0.4, 0.5) is 0 Å². The number of aryl methyl sites for hydroxylation is 1. The third kappa shape index (κ3) is 3.15. The van der Waals surface area contributed by atoms with Crippen molar-refractivity contribution in [2.24, 2.45) is 5.41 Å². The summed E-state index contributed by atoms with van der Waals surface area (Å²) in [6, 6.07) is 0. The van der Waals surface area contributed by atoms with E-state index in [0.29, 0.717) is 12.4 Å². The predicted molar refractivity (Wildman–Crippen MR) is 72.6 cm³/mol. The first kappa shape index (κ1) is 14.1. The largest absolute Gasteiger partial charge is 0.444 e. The molecule has 19 heavy (non-hydrogen) atoms. The molecule has 2 N–H and O–H groups in total. The zero-order valence-corrected chi connectivity index (χ0v) is 11.8. The molecule has 2 heterocycles. The van der Waals surface area contributed by atoms with Crippen LogP contribution in [0.3, 0.4) is 0 Å². The van der Waals surface area contributed by atoms with Crippen molar-refractivity contribution in [3.63, 3.8) is 0 Å². The van der Waals surface area contributed by atoms with Crippen LogP contribution in [0, 0.1) is 5.41 Å². The number of nitrogens with zero attached hydrogens (tertiary/aromatic N) is 1. The highest BCUT2D eigenvalue weighted by molar-refractivity contribution is 5.82. The molecule has 0 aliphatic carbocycles. The van der Waals surface area contributed by atoms with Crippen LogP contribution in [0.1, 0.15) is 44.8 Å². The van der Waals surface area contributed by atoms with Crippen molar-refractivity contribution in [3.8, 4) is 0 Å². The Hall–Kier alpha value is -1.36. The summed E-state index contributed by atoms with van der Waals surface area (Å²) >= 11 is 0. The number of carbonyl (C=O) groups is 1. The van der Waals surface area contributed by atoms with Gasteiger partial charge in [0.25, 0.3) is 0 Å². The number of nitrogens with one attached hydrogen (secondary N) is 2. The molecule has 5 heteroatoms. The van der Waals surface area contributed by atoms with Crippen LogP contribution in [-0.2, 0) is 17.8 Å². The van der Waals surface area contributed by atoms with Gasteiger partial charge >= 0.3 is 0 Å². The number of hydrogen-bond acceptors (Lipinski definition) is 4. The lowest BCUT2D eigenvalue weighted by Crippen LogP contribution is -2.47. The van der Waals surface area contributed by atoms with E-state index in [1.165, 1.54) is 0 Å². The Kier molecular flexibility index (Phi) is 4.58. The van der Waals surface area contributed by atoms with Crippen LogP contribution in [0.25, 0.3) is 0 Å². The minimum absolute atomic E-state index is 0.132. The molecule has 0 aromatic carbocycles. The lowest BCUT2D eigenvalue weighted by Gasteiger charge is -2.35. The summed E-state index contributed by atoms with van der Waals surface area (Å²) in [5.41, 5.74) is -0.217. The quantitative estimate of drug-likeness (QED) is 0.849. The summed E-state index contributed by atoms with van der Waals surface area (Å²) < 4.78 is 5.50. The molecular formula is C14H23N3O2. The molecule has 1 aliphatic heterocycles. The number of carbonyl (C=O) groups excluding carboxylic acids is 1. The molecular weight excluding hydrogens is 242 g/mol. The Morgan fingerprint density at radius 3 is 2.79 bits per heavy atom. The van der Waals surface area contributed by atoms with E-state index in [0.717, 1.165) is 44.5 Å². The van der Waals surface area contributed by atoms with Gasteiger partial charge in [-0.15, -0.1) is 0 Å². The minimum atomic E-state index is -0.217. The van der Waals surface area contributed by atoms with Crippen LogP contribution >= 0.6 is 0 Å². The average molecular weight is 265 g/mol. The van der Waals surface area contributed by atoms with Crippen molar-refractivity contribution in [2.75, 3.05) is 13.1 Å². The maximum absolute atomic E-state index is 12.4. The van der Waals surface area contributed by atoms with Gasteiger partial charge in [0.2, 0.25) is 11.8 Å². The predicted octanol–water partition coefficient (Wildman–Crippen LogP) is 1.63. The summed E-state index contributed by atoms with van der Waals surface area (Å²) in [7, 11) is 0. The van der Waals surface area contributed by atoms with Crippen LogP contribution in [0.5, 0.6) is 0 Å². The topological polar surface area (TPSA) is 67.2 Å². The second-order valence-electron chi connectivity index (χ2n) is 5.14. The highest BCUT2D eigenvalue weighted by Gasteiger charge is 2.37. The summed E-state index contributed by atoms with van der Waals surface area (Å²) in [4.78, 5) is 16.6. The van der Waals surface area contributed by atoms with Gasteiger partial charge in [-0.3, -0.25) is 4.79 Å². The summed E-state index contributed by atoms with van der Waals surface area (Å²) in [6.45, 7) is 6.32. The molecule has 1 saturated heterocycles. The molecule has 2 rings (SSSR count). The molecule has 5 nitrogen and oxygen atoms in total. The van der Waals surface area contributed by atoms with Crippen molar-refractivity contribution in [3.05, 3.63) is 17.8 Å². The maximum atomic E-state index is 12.4. The third-order valence-corrected chi connectivity index (χ3v) is 4.07. The Morgan fingerprint density at radius 1 is 1.47 bits per heavy atom. The van der Waals surface area contributed by atoms with Gasteiger partial charge in [-0.05, 0) is 32.4 Å². The van der Waals surface area contributed by atoms with Crippen molar-refractivity contribution in [2.45, 2.75) is 46.1 Å². The zero-order valence-electron chi connectivity index (χ0n) is 11.8.